The van der Waals surface area contributed by atoms with Gasteiger partial charge in [-0.3, -0.25) is 4.79 Å². The zero-order chi connectivity index (χ0) is 22.9. The maximum atomic E-state index is 13.3. The molecule has 0 radical (unpaired) electrons. The summed E-state index contributed by atoms with van der Waals surface area (Å²) in [5, 5.41) is 0.319. The van der Waals surface area contributed by atoms with Gasteiger partial charge < -0.3 is 19.2 Å². The Labute approximate surface area is 184 Å². The molecule has 0 aliphatic heterocycles. The lowest BCUT2D eigenvalue weighted by atomic mass is 10.1. The van der Waals surface area contributed by atoms with Gasteiger partial charge in [-0.05, 0) is 30.3 Å². The Morgan fingerprint density at radius 2 is 1.53 bits per heavy atom. The van der Waals surface area contributed by atoms with Crippen LogP contribution in [-0.4, -0.2) is 45.5 Å². The minimum Gasteiger partial charge on any atom is -0.496 e. The molecule has 0 amide bonds. The second-order valence-electron chi connectivity index (χ2n) is 6.81. The van der Waals surface area contributed by atoms with Crippen LogP contribution in [0.3, 0.4) is 0 Å². The monoisotopic (exact) mass is 452 g/mol. The summed E-state index contributed by atoms with van der Waals surface area (Å²) < 4.78 is 42.3. The highest BCUT2D eigenvalue weighted by Gasteiger charge is 2.25. The molecule has 0 atom stereocenters. The average Bonchev–Trinajstić information content (AvgIpc) is 3.27. The molecule has 4 rings (SSSR count). The summed E-state index contributed by atoms with van der Waals surface area (Å²) in [6.07, 6.45) is 1.39. The van der Waals surface area contributed by atoms with Crippen molar-refractivity contribution in [3.05, 3.63) is 72.1 Å². The van der Waals surface area contributed by atoms with Gasteiger partial charge in [0.2, 0.25) is 15.6 Å². The predicted molar refractivity (Wildman–Crippen MR) is 118 cm³/mol. The van der Waals surface area contributed by atoms with Gasteiger partial charge in [0.25, 0.3) is 0 Å². The molecule has 0 fully saturated rings. The highest BCUT2D eigenvalue weighted by molar-refractivity contribution is 7.91. The van der Waals surface area contributed by atoms with Crippen LogP contribution in [-0.2, 0) is 9.84 Å². The van der Waals surface area contributed by atoms with E-state index in [0.717, 1.165) is 0 Å². The van der Waals surface area contributed by atoms with Crippen LogP contribution in [0, 0.1) is 0 Å². The lowest BCUT2D eigenvalue weighted by molar-refractivity contribution is 0.103. The van der Waals surface area contributed by atoms with Gasteiger partial charge in [0.1, 0.15) is 11.4 Å². The Bertz CT molecular complexity index is 1410. The van der Waals surface area contributed by atoms with Gasteiger partial charge in [-0.2, -0.15) is 0 Å². The third kappa shape index (κ3) is 3.56. The first-order chi connectivity index (χ1) is 15.4. The highest BCUT2D eigenvalue weighted by atomic mass is 32.2. The molecule has 0 unspecified atom stereocenters. The zero-order valence-electron chi connectivity index (χ0n) is 17.6. The van der Waals surface area contributed by atoms with Crippen molar-refractivity contribution < 1.29 is 27.4 Å². The molecule has 164 valence electrons. The number of carbonyl (C=O) groups excluding carboxylic acids is 1. The van der Waals surface area contributed by atoms with Crippen LogP contribution in [0.25, 0.3) is 11.0 Å². The number of nitrogens with zero attached hydrogens (tertiary/aromatic N) is 1. The number of H-pyrrole nitrogens is 1. The van der Waals surface area contributed by atoms with Crippen molar-refractivity contribution in [1.29, 1.82) is 0 Å². The largest absolute Gasteiger partial charge is 0.496 e. The number of methoxy groups -OCH3 is 3. The van der Waals surface area contributed by atoms with Crippen LogP contribution in [0.1, 0.15) is 16.1 Å². The Morgan fingerprint density at radius 3 is 2.19 bits per heavy atom. The smallest absolute Gasteiger partial charge is 0.213 e. The van der Waals surface area contributed by atoms with Crippen LogP contribution >= 0.6 is 0 Å². The first-order valence-corrected chi connectivity index (χ1v) is 11.0. The highest BCUT2D eigenvalue weighted by Crippen LogP contribution is 2.36. The summed E-state index contributed by atoms with van der Waals surface area (Å²) in [7, 11) is 0.580. The number of fused-ring (bicyclic) bond motifs is 1. The zero-order valence-corrected chi connectivity index (χ0v) is 18.4. The molecule has 0 aliphatic carbocycles. The molecule has 32 heavy (non-hydrogen) atoms. The van der Waals surface area contributed by atoms with Crippen molar-refractivity contribution >= 4 is 26.7 Å². The van der Waals surface area contributed by atoms with Crippen molar-refractivity contribution in [2.75, 3.05) is 21.3 Å². The first kappa shape index (κ1) is 21.4. The Morgan fingerprint density at radius 1 is 0.875 bits per heavy atom. The number of benzene rings is 2. The predicted octanol–water partition coefficient (Wildman–Crippen LogP) is 3.65. The number of hydrogen-bond donors (Lipinski definition) is 1. The quantitative estimate of drug-likeness (QED) is 0.427. The number of hydrogen-bond acceptors (Lipinski definition) is 7. The number of nitrogens with one attached hydrogen (secondary N) is 1. The number of sulfone groups is 1. The van der Waals surface area contributed by atoms with Gasteiger partial charge in [-0.25, -0.2) is 13.4 Å². The van der Waals surface area contributed by atoms with E-state index >= 15 is 0 Å². The third-order valence-corrected chi connectivity index (χ3v) is 6.86. The number of rotatable bonds is 7. The van der Waals surface area contributed by atoms with E-state index in [0.29, 0.717) is 16.9 Å². The molecular weight excluding hydrogens is 432 g/mol. The molecule has 9 heteroatoms. The fourth-order valence-electron chi connectivity index (χ4n) is 3.44. The molecule has 0 spiro atoms. The van der Waals surface area contributed by atoms with Gasteiger partial charge in [0.15, 0.2) is 11.5 Å². The Kier molecular flexibility index (Phi) is 5.58. The molecule has 0 aliphatic rings. The van der Waals surface area contributed by atoms with Crippen molar-refractivity contribution in [2.45, 2.75) is 9.79 Å². The molecule has 2 aromatic heterocycles. The van der Waals surface area contributed by atoms with Crippen molar-refractivity contribution in [1.82, 2.24) is 9.97 Å². The number of carbonyl (C=O) groups is 1. The average molecular weight is 452 g/mol. The Balaban J connectivity index is 1.85. The normalized spacial score (nSPS) is 11.3. The molecule has 0 saturated heterocycles. The van der Waals surface area contributed by atoms with Crippen LogP contribution in [0.5, 0.6) is 17.2 Å². The molecular formula is C23H20N2O6S. The van der Waals surface area contributed by atoms with E-state index in [1.165, 1.54) is 57.9 Å². The van der Waals surface area contributed by atoms with Crippen LogP contribution < -0.4 is 14.2 Å². The summed E-state index contributed by atoms with van der Waals surface area (Å²) in [5.41, 5.74) is 0.669. The second kappa shape index (κ2) is 8.35. The van der Waals surface area contributed by atoms with Crippen molar-refractivity contribution in [3.8, 4) is 17.2 Å². The van der Waals surface area contributed by atoms with Crippen molar-refractivity contribution in [3.63, 3.8) is 0 Å². The summed E-state index contributed by atoms with van der Waals surface area (Å²) in [5.74, 6) is 0.647. The third-order valence-electron chi connectivity index (χ3n) is 5.03. The lowest BCUT2D eigenvalue weighted by Gasteiger charge is -2.13. The summed E-state index contributed by atoms with van der Waals surface area (Å²) in [4.78, 5) is 20.6. The van der Waals surface area contributed by atoms with E-state index in [-0.39, 0.29) is 32.4 Å². The molecule has 0 bridgehead atoms. The summed E-state index contributed by atoms with van der Waals surface area (Å²) >= 11 is 0. The van der Waals surface area contributed by atoms with Crippen LogP contribution in [0.2, 0.25) is 0 Å². The number of ketones is 1. The van der Waals surface area contributed by atoms with Gasteiger partial charge in [-0.15, -0.1) is 0 Å². The van der Waals surface area contributed by atoms with Gasteiger partial charge in [0.05, 0.1) is 42.4 Å². The van der Waals surface area contributed by atoms with E-state index in [9.17, 15) is 13.2 Å². The standard InChI is InChI=1S/C23H20N2O6S/c1-29-18-13-20(31-3)19(30-2)12-15(18)22(26)17-11-16-21(9-10-24-23(16)25-17)32(27,28)14-7-5-4-6-8-14/h4-13H,1-3H3,(H,24,25). The van der Waals surface area contributed by atoms with E-state index in [1.807, 2.05) is 0 Å². The summed E-state index contributed by atoms with van der Waals surface area (Å²) in [6, 6.07) is 14.1. The van der Waals surface area contributed by atoms with E-state index < -0.39 is 15.6 Å². The molecule has 4 aromatic rings. The minimum absolute atomic E-state index is 0.0586. The second-order valence-corrected chi connectivity index (χ2v) is 8.73. The van der Waals surface area contributed by atoms with Gasteiger partial charge in [-0.1, -0.05) is 18.2 Å². The fourth-order valence-corrected chi connectivity index (χ4v) is 4.89. The van der Waals surface area contributed by atoms with Gasteiger partial charge >= 0.3 is 0 Å². The number of pyridine rings is 1. The maximum absolute atomic E-state index is 13.3. The lowest BCUT2D eigenvalue weighted by Crippen LogP contribution is -2.06. The number of ether oxygens (including phenoxy) is 3. The molecule has 2 aromatic carbocycles. The number of aromatic amines is 1. The minimum atomic E-state index is -3.81. The van der Waals surface area contributed by atoms with Crippen LogP contribution in [0.15, 0.2) is 70.6 Å². The molecule has 0 saturated carbocycles. The summed E-state index contributed by atoms with van der Waals surface area (Å²) in [6.45, 7) is 0. The van der Waals surface area contributed by atoms with E-state index in [1.54, 1.807) is 24.3 Å². The van der Waals surface area contributed by atoms with E-state index in [4.69, 9.17) is 14.2 Å². The van der Waals surface area contributed by atoms with Crippen molar-refractivity contribution in [2.24, 2.45) is 0 Å². The van der Waals surface area contributed by atoms with Gasteiger partial charge in [0, 0.05) is 17.6 Å². The molecule has 1 N–H and O–H groups in total. The van der Waals surface area contributed by atoms with E-state index in [2.05, 4.69) is 9.97 Å². The first-order valence-electron chi connectivity index (χ1n) is 9.53. The molecule has 8 nitrogen and oxygen atoms in total. The topological polar surface area (TPSA) is 108 Å². The fraction of sp³-hybridized carbons (Fsp3) is 0.130. The SMILES string of the molecule is COc1cc(OC)c(C(=O)c2cc3c(S(=O)(=O)c4ccccc4)ccnc3[nH]2)cc1OC. The van der Waals surface area contributed by atoms with Crippen LogP contribution in [0.4, 0.5) is 0 Å². The number of aromatic nitrogens is 2. The maximum Gasteiger partial charge on any atom is 0.213 e. The Hall–Kier alpha value is -3.85. The molecule has 2 heterocycles.